The van der Waals surface area contributed by atoms with Crippen molar-refractivity contribution in [3.63, 3.8) is 0 Å². The van der Waals surface area contributed by atoms with Crippen LogP contribution < -0.4 is 15.9 Å². The van der Waals surface area contributed by atoms with E-state index in [0.717, 1.165) is 0 Å². The highest BCUT2D eigenvalue weighted by atomic mass is 31.2. The quantitative estimate of drug-likeness (QED) is 0.373. The number of hydrogen-bond acceptors (Lipinski definition) is 2. The van der Waals surface area contributed by atoms with E-state index in [9.17, 15) is 22.8 Å². The molecule has 0 spiro atoms. The molecule has 0 fully saturated rings. The van der Waals surface area contributed by atoms with Crippen LogP contribution in [-0.2, 0) is 9.59 Å². The number of alkyl halides is 3. The molecule has 0 aliphatic rings. The Balaban J connectivity index is 2.61. The van der Waals surface area contributed by atoms with E-state index in [-0.39, 0.29) is 6.29 Å². The first-order chi connectivity index (χ1) is 13.4. The molecule has 0 aliphatic heterocycles. The molecule has 3 aromatic carbocycles. The van der Waals surface area contributed by atoms with Crippen molar-refractivity contribution in [3.05, 3.63) is 91.0 Å². The highest BCUT2D eigenvalue weighted by Crippen LogP contribution is 2.46. The van der Waals surface area contributed by atoms with Crippen LogP contribution in [0.2, 0.25) is 0 Å². The molecular formula is C22H16F3O2P. The van der Waals surface area contributed by atoms with Crippen molar-refractivity contribution in [1.82, 2.24) is 0 Å². The van der Waals surface area contributed by atoms with Crippen molar-refractivity contribution < 1.29 is 22.8 Å². The second kappa shape index (κ2) is 7.99. The number of carbonyl (C=O) groups is 2. The van der Waals surface area contributed by atoms with Gasteiger partial charge in [-0.1, -0.05) is 91.0 Å². The molecule has 142 valence electrons. The molecule has 0 atom stereocenters. The van der Waals surface area contributed by atoms with Gasteiger partial charge in [0.25, 0.3) is 5.78 Å². The van der Waals surface area contributed by atoms with Gasteiger partial charge in [-0.3, -0.25) is 9.59 Å². The zero-order valence-electron chi connectivity index (χ0n) is 14.6. The third-order valence-electron chi connectivity index (χ3n) is 4.39. The molecule has 2 nitrogen and oxygen atoms in total. The standard InChI is InChI=1S/C22H16F3O2P/c23-22(24,25)21(27)20(16-26)28(17-10-4-1-5-11-17,18-12-6-2-7-13-18)19-14-8-3-9-15-19/h1-16H. The average molecular weight is 400 g/mol. The Kier molecular flexibility index (Phi) is 5.66. The van der Waals surface area contributed by atoms with Crippen molar-refractivity contribution in [3.8, 4) is 0 Å². The van der Waals surface area contributed by atoms with Gasteiger partial charge in [-0.05, 0) is 22.8 Å². The first-order valence-electron chi connectivity index (χ1n) is 8.42. The van der Waals surface area contributed by atoms with Crippen molar-refractivity contribution in [2.75, 3.05) is 0 Å². The Morgan fingerprint density at radius 3 is 1.25 bits per heavy atom. The third kappa shape index (κ3) is 3.46. The van der Waals surface area contributed by atoms with Gasteiger partial charge >= 0.3 is 6.18 Å². The number of halogens is 3. The summed E-state index contributed by atoms with van der Waals surface area (Å²) in [6.07, 6.45) is -5.07. The lowest BCUT2D eigenvalue weighted by molar-refractivity contribution is -0.163. The van der Waals surface area contributed by atoms with E-state index in [1.54, 1.807) is 91.0 Å². The normalized spacial score (nSPS) is 11.7. The average Bonchev–Trinajstić information content (AvgIpc) is 2.73. The van der Waals surface area contributed by atoms with Crippen molar-refractivity contribution in [1.29, 1.82) is 0 Å². The number of carbonyl (C=O) groups excluding carboxylic acids is 2. The van der Waals surface area contributed by atoms with Crippen LogP contribution in [0.4, 0.5) is 13.2 Å². The molecule has 3 aromatic rings. The van der Waals surface area contributed by atoms with Gasteiger partial charge in [0.05, 0.1) is 5.29 Å². The molecule has 3 rings (SSSR count). The third-order valence-corrected chi connectivity index (χ3v) is 8.64. The first kappa shape index (κ1) is 19.8. The maximum atomic E-state index is 13.5. The predicted octanol–water partition coefficient (Wildman–Crippen LogP) is 3.48. The summed E-state index contributed by atoms with van der Waals surface area (Å²) >= 11 is 0. The Labute approximate surface area is 160 Å². The fourth-order valence-electron chi connectivity index (χ4n) is 3.25. The van der Waals surface area contributed by atoms with Gasteiger partial charge < -0.3 is 0 Å². The molecule has 0 aliphatic carbocycles. The van der Waals surface area contributed by atoms with E-state index >= 15 is 0 Å². The monoisotopic (exact) mass is 400 g/mol. The molecule has 0 amide bonds. The van der Waals surface area contributed by atoms with E-state index in [1.807, 2.05) is 0 Å². The Bertz CT molecular complexity index is 924. The van der Waals surface area contributed by atoms with E-state index in [0.29, 0.717) is 15.9 Å². The predicted molar refractivity (Wildman–Crippen MR) is 107 cm³/mol. The number of benzene rings is 3. The van der Waals surface area contributed by atoms with E-state index in [4.69, 9.17) is 0 Å². The molecule has 0 radical (unpaired) electrons. The lowest BCUT2D eigenvalue weighted by Gasteiger charge is -2.30. The molecule has 0 unspecified atom stereocenters. The van der Waals surface area contributed by atoms with Gasteiger partial charge in [-0.15, -0.1) is 0 Å². The Hall–Kier alpha value is -2.91. The summed E-state index contributed by atoms with van der Waals surface area (Å²) in [5.41, 5.74) is 0. The number of ketones is 1. The zero-order chi connectivity index (χ0) is 20.2. The van der Waals surface area contributed by atoms with Crippen molar-refractivity contribution in [2.45, 2.75) is 6.18 Å². The van der Waals surface area contributed by atoms with Crippen LogP contribution in [0.1, 0.15) is 0 Å². The van der Waals surface area contributed by atoms with Gasteiger partial charge in [0, 0.05) is 0 Å². The van der Waals surface area contributed by atoms with E-state index in [1.165, 1.54) is 0 Å². The minimum absolute atomic E-state index is 0.0800. The van der Waals surface area contributed by atoms with E-state index in [2.05, 4.69) is 0 Å². The first-order valence-corrected chi connectivity index (χ1v) is 10.2. The smallest absolute Gasteiger partial charge is 0.298 e. The van der Waals surface area contributed by atoms with Gasteiger partial charge in [0.2, 0.25) is 0 Å². The van der Waals surface area contributed by atoms with Gasteiger partial charge in [-0.2, -0.15) is 13.2 Å². The Morgan fingerprint density at radius 1 is 0.679 bits per heavy atom. The largest absolute Gasteiger partial charge is 0.455 e. The zero-order valence-corrected chi connectivity index (χ0v) is 15.5. The second-order valence-corrected chi connectivity index (χ2v) is 9.38. The molecule has 0 heterocycles. The maximum Gasteiger partial charge on any atom is 0.455 e. The minimum Gasteiger partial charge on any atom is -0.298 e. The van der Waals surface area contributed by atoms with Crippen LogP contribution in [0.3, 0.4) is 0 Å². The topological polar surface area (TPSA) is 34.1 Å². The van der Waals surface area contributed by atoms with Crippen LogP contribution in [0.5, 0.6) is 0 Å². The number of Topliss-reactive ketones (excluding diaryl/α,β-unsaturated/α-hetero) is 1. The summed E-state index contributed by atoms with van der Waals surface area (Å²) in [6.45, 7) is -3.34. The lowest BCUT2D eigenvalue weighted by Crippen LogP contribution is -2.39. The summed E-state index contributed by atoms with van der Waals surface area (Å²) in [5, 5.41) is 0.759. The lowest BCUT2D eigenvalue weighted by atomic mass is 10.3. The fourth-order valence-corrected chi connectivity index (χ4v) is 7.43. The second-order valence-electron chi connectivity index (χ2n) is 6.01. The molecule has 0 N–H and O–H groups in total. The van der Waals surface area contributed by atoms with Crippen LogP contribution in [0.15, 0.2) is 91.0 Å². The summed E-state index contributed by atoms with van der Waals surface area (Å²) in [5.74, 6) is -2.10. The maximum absolute atomic E-state index is 13.5. The van der Waals surface area contributed by atoms with Crippen LogP contribution in [0.25, 0.3) is 0 Å². The summed E-state index contributed by atoms with van der Waals surface area (Å²) in [6, 6.07) is 25.4. The number of hydrogen-bond donors (Lipinski definition) is 0. The van der Waals surface area contributed by atoms with Crippen molar-refractivity contribution >= 4 is 40.2 Å². The Morgan fingerprint density at radius 2 is 1.00 bits per heavy atom. The van der Waals surface area contributed by atoms with Crippen LogP contribution >= 0.6 is 6.89 Å². The van der Waals surface area contributed by atoms with Gasteiger partial charge in [0.1, 0.15) is 0 Å². The van der Waals surface area contributed by atoms with Crippen molar-refractivity contribution in [2.24, 2.45) is 0 Å². The minimum atomic E-state index is -5.15. The highest BCUT2D eigenvalue weighted by Gasteiger charge is 2.45. The van der Waals surface area contributed by atoms with Gasteiger partial charge in [0.15, 0.2) is 6.29 Å². The summed E-state index contributed by atoms with van der Waals surface area (Å²) < 4.78 is 40.4. The number of rotatable bonds is 5. The molecule has 0 bridgehead atoms. The molecule has 0 saturated carbocycles. The van der Waals surface area contributed by atoms with Gasteiger partial charge in [-0.25, -0.2) is 0 Å². The molecule has 6 heteroatoms. The molecule has 0 saturated heterocycles. The van der Waals surface area contributed by atoms with Crippen LogP contribution in [0, 0.1) is 0 Å². The molecular weight excluding hydrogens is 384 g/mol. The highest BCUT2D eigenvalue weighted by molar-refractivity contribution is 7.97. The van der Waals surface area contributed by atoms with Crippen LogP contribution in [-0.4, -0.2) is 23.5 Å². The number of aldehydes is 1. The fraction of sp³-hybridized carbons (Fsp3) is 0.0455. The molecule has 0 aromatic heterocycles. The summed E-state index contributed by atoms with van der Waals surface area (Å²) in [4.78, 5) is 24.4. The SMILES string of the molecule is O=CC(C(=O)C(F)(F)F)=P(c1ccccc1)(c1ccccc1)c1ccccc1. The summed E-state index contributed by atoms with van der Waals surface area (Å²) in [7, 11) is 0. The van der Waals surface area contributed by atoms with E-state index < -0.39 is 24.1 Å². The molecule has 28 heavy (non-hydrogen) atoms.